The van der Waals surface area contributed by atoms with Gasteiger partial charge in [-0.1, -0.05) is 41.9 Å². The van der Waals surface area contributed by atoms with Crippen LogP contribution in [0.5, 0.6) is 5.75 Å². The van der Waals surface area contributed by atoms with E-state index >= 15 is 0 Å². The highest BCUT2D eigenvalue weighted by Gasteiger charge is 2.14. The summed E-state index contributed by atoms with van der Waals surface area (Å²) in [5.74, 6) is -0.967. The van der Waals surface area contributed by atoms with Gasteiger partial charge in [0.1, 0.15) is 24.0 Å². The van der Waals surface area contributed by atoms with Crippen LogP contribution in [0.2, 0.25) is 5.02 Å². The fraction of sp³-hybridized carbons (Fsp3) is 0.133. The van der Waals surface area contributed by atoms with Crippen molar-refractivity contribution in [1.29, 1.82) is 0 Å². The number of carboxylic acid groups (broad SMARTS) is 1. The molecule has 104 valence electrons. The first-order valence-corrected chi connectivity index (χ1v) is 6.34. The predicted molar refractivity (Wildman–Crippen MR) is 75.3 cm³/mol. The van der Waals surface area contributed by atoms with Gasteiger partial charge in [-0.15, -0.1) is 0 Å². The Balaban J connectivity index is 2.11. The lowest BCUT2D eigenvalue weighted by Gasteiger charge is -2.14. The summed E-state index contributed by atoms with van der Waals surface area (Å²) >= 11 is 5.82. The summed E-state index contributed by atoms with van der Waals surface area (Å²) in [5.41, 5.74) is 0.709. The van der Waals surface area contributed by atoms with Gasteiger partial charge < -0.3 is 14.9 Å². The van der Waals surface area contributed by atoms with Crippen molar-refractivity contribution >= 4 is 17.6 Å². The number of halogens is 1. The fourth-order valence-corrected chi connectivity index (χ4v) is 1.89. The third kappa shape index (κ3) is 3.50. The predicted octanol–water partition coefficient (Wildman–Crippen LogP) is 3.15. The second kappa shape index (κ2) is 6.41. The largest absolute Gasteiger partial charge is 0.490 e. The molecule has 0 spiro atoms. The van der Waals surface area contributed by atoms with Crippen LogP contribution in [0.1, 0.15) is 22.0 Å². The minimum absolute atomic E-state index is 0.00895. The molecule has 0 amide bonds. The number of aliphatic hydroxyl groups is 1. The van der Waals surface area contributed by atoms with Crippen LogP contribution in [-0.2, 0) is 0 Å². The summed E-state index contributed by atoms with van der Waals surface area (Å²) in [4.78, 5) is 11.1. The van der Waals surface area contributed by atoms with Gasteiger partial charge in [0, 0.05) is 5.02 Å². The Morgan fingerprint density at radius 2 is 1.90 bits per heavy atom. The second-order valence-electron chi connectivity index (χ2n) is 4.18. The highest BCUT2D eigenvalue weighted by Crippen LogP contribution is 2.25. The number of aromatic carboxylic acids is 1. The molecule has 0 fully saturated rings. The first-order chi connectivity index (χ1) is 9.58. The van der Waals surface area contributed by atoms with Crippen LogP contribution in [0.15, 0.2) is 48.5 Å². The fourth-order valence-electron chi connectivity index (χ4n) is 1.73. The summed E-state index contributed by atoms with van der Waals surface area (Å²) in [6.45, 7) is -0.0510. The van der Waals surface area contributed by atoms with E-state index in [1.54, 1.807) is 24.3 Å². The molecule has 0 aliphatic carbocycles. The lowest BCUT2D eigenvalue weighted by Crippen LogP contribution is -2.11. The van der Waals surface area contributed by atoms with Gasteiger partial charge in [-0.05, 0) is 23.8 Å². The van der Waals surface area contributed by atoms with Crippen LogP contribution in [0, 0.1) is 0 Å². The standard InChI is InChI=1S/C15H13ClO4/c16-11-6-7-12(15(18)19)14(8-11)20-9-13(17)10-4-2-1-3-5-10/h1-8,13,17H,9H2,(H,18,19). The quantitative estimate of drug-likeness (QED) is 0.888. The number of aliphatic hydroxyl groups excluding tert-OH is 1. The van der Waals surface area contributed by atoms with E-state index in [9.17, 15) is 9.90 Å². The molecule has 0 saturated carbocycles. The number of ether oxygens (including phenoxy) is 1. The molecule has 1 atom stereocenters. The van der Waals surface area contributed by atoms with Gasteiger partial charge in [-0.25, -0.2) is 4.79 Å². The number of carboxylic acids is 1. The number of carbonyl (C=O) groups is 1. The average molecular weight is 293 g/mol. The molecular weight excluding hydrogens is 280 g/mol. The molecule has 2 aromatic rings. The third-order valence-corrected chi connectivity index (χ3v) is 2.99. The van der Waals surface area contributed by atoms with Crippen molar-refractivity contribution in [1.82, 2.24) is 0 Å². The monoisotopic (exact) mass is 292 g/mol. The summed E-state index contributed by atoms with van der Waals surface area (Å²) in [5, 5.41) is 19.4. The van der Waals surface area contributed by atoms with Crippen LogP contribution in [0.3, 0.4) is 0 Å². The molecule has 0 heterocycles. The molecule has 0 aliphatic heterocycles. The molecule has 5 heteroatoms. The van der Waals surface area contributed by atoms with Crippen molar-refractivity contribution in [3.63, 3.8) is 0 Å². The second-order valence-corrected chi connectivity index (χ2v) is 4.62. The SMILES string of the molecule is O=C(O)c1ccc(Cl)cc1OCC(O)c1ccccc1. The highest BCUT2D eigenvalue weighted by atomic mass is 35.5. The Kier molecular flexibility index (Phi) is 4.61. The van der Waals surface area contributed by atoms with E-state index in [0.717, 1.165) is 0 Å². The number of hydrogen-bond donors (Lipinski definition) is 2. The zero-order valence-electron chi connectivity index (χ0n) is 10.5. The smallest absolute Gasteiger partial charge is 0.339 e. The highest BCUT2D eigenvalue weighted by molar-refractivity contribution is 6.30. The summed E-state index contributed by atoms with van der Waals surface area (Å²) < 4.78 is 5.38. The maximum Gasteiger partial charge on any atom is 0.339 e. The van der Waals surface area contributed by atoms with E-state index in [0.29, 0.717) is 10.6 Å². The van der Waals surface area contributed by atoms with E-state index < -0.39 is 12.1 Å². The van der Waals surface area contributed by atoms with Gasteiger partial charge in [0.15, 0.2) is 0 Å². The molecule has 0 radical (unpaired) electrons. The maximum atomic E-state index is 11.1. The third-order valence-electron chi connectivity index (χ3n) is 2.76. The van der Waals surface area contributed by atoms with Crippen molar-refractivity contribution in [2.75, 3.05) is 6.61 Å². The molecule has 2 rings (SSSR count). The van der Waals surface area contributed by atoms with Gasteiger partial charge in [0.2, 0.25) is 0 Å². The average Bonchev–Trinajstić information content (AvgIpc) is 2.45. The van der Waals surface area contributed by atoms with Crippen LogP contribution < -0.4 is 4.74 Å². The Bertz CT molecular complexity index is 598. The molecule has 0 aliphatic rings. The van der Waals surface area contributed by atoms with Crippen molar-refractivity contribution in [2.45, 2.75) is 6.10 Å². The lowest BCUT2D eigenvalue weighted by atomic mass is 10.1. The summed E-state index contributed by atoms with van der Waals surface area (Å²) in [6, 6.07) is 13.3. The van der Waals surface area contributed by atoms with E-state index in [-0.39, 0.29) is 17.9 Å². The molecule has 4 nitrogen and oxygen atoms in total. The zero-order chi connectivity index (χ0) is 14.5. The molecule has 1 unspecified atom stereocenters. The number of rotatable bonds is 5. The summed E-state index contributed by atoms with van der Waals surface area (Å²) in [6.07, 6.45) is -0.836. The molecule has 2 aromatic carbocycles. The van der Waals surface area contributed by atoms with E-state index in [1.165, 1.54) is 18.2 Å². The Hall–Kier alpha value is -2.04. The zero-order valence-corrected chi connectivity index (χ0v) is 11.2. The number of hydrogen-bond acceptors (Lipinski definition) is 3. The molecule has 0 saturated heterocycles. The van der Waals surface area contributed by atoms with Gasteiger partial charge in [-0.2, -0.15) is 0 Å². The summed E-state index contributed by atoms with van der Waals surface area (Å²) in [7, 11) is 0. The van der Waals surface area contributed by atoms with Gasteiger partial charge in [0.25, 0.3) is 0 Å². The topological polar surface area (TPSA) is 66.8 Å². The normalized spacial score (nSPS) is 11.9. The number of benzene rings is 2. The lowest BCUT2D eigenvalue weighted by molar-refractivity contribution is 0.0683. The van der Waals surface area contributed by atoms with E-state index in [1.807, 2.05) is 6.07 Å². The van der Waals surface area contributed by atoms with Gasteiger partial charge in [-0.3, -0.25) is 0 Å². The Labute approximate surface area is 121 Å². The molecule has 0 bridgehead atoms. The molecule has 2 N–H and O–H groups in total. The maximum absolute atomic E-state index is 11.1. The van der Waals surface area contributed by atoms with Crippen molar-refractivity contribution < 1.29 is 19.7 Å². The molecular formula is C15H13ClO4. The van der Waals surface area contributed by atoms with Gasteiger partial charge in [0.05, 0.1) is 0 Å². The first kappa shape index (κ1) is 14.4. The van der Waals surface area contributed by atoms with Crippen LogP contribution in [0.4, 0.5) is 0 Å². The van der Waals surface area contributed by atoms with Crippen molar-refractivity contribution in [2.24, 2.45) is 0 Å². The van der Waals surface area contributed by atoms with Crippen LogP contribution >= 0.6 is 11.6 Å². The molecule has 20 heavy (non-hydrogen) atoms. The van der Waals surface area contributed by atoms with Crippen molar-refractivity contribution in [3.8, 4) is 5.75 Å². The Morgan fingerprint density at radius 1 is 1.20 bits per heavy atom. The van der Waals surface area contributed by atoms with Crippen LogP contribution in [0.25, 0.3) is 0 Å². The minimum Gasteiger partial charge on any atom is -0.490 e. The van der Waals surface area contributed by atoms with Gasteiger partial charge >= 0.3 is 5.97 Å². The van der Waals surface area contributed by atoms with E-state index in [4.69, 9.17) is 21.4 Å². The minimum atomic E-state index is -1.11. The van der Waals surface area contributed by atoms with Crippen molar-refractivity contribution in [3.05, 3.63) is 64.7 Å². The van der Waals surface area contributed by atoms with Crippen LogP contribution in [-0.4, -0.2) is 22.8 Å². The Morgan fingerprint density at radius 3 is 2.55 bits per heavy atom. The first-order valence-electron chi connectivity index (χ1n) is 5.96. The molecule has 0 aromatic heterocycles. The van der Waals surface area contributed by atoms with E-state index in [2.05, 4.69) is 0 Å².